The third-order valence-corrected chi connectivity index (χ3v) is 5.46. The average molecular weight is 432 g/mol. The zero-order valence-corrected chi connectivity index (χ0v) is 17.5. The molecule has 0 saturated carbocycles. The lowest BCUT2D eigenvalue weighted by molar-refractivity contribution is -0.258. The van der Waals surface area contributed by atoms with Crippen LogP contribution < -0.4 is 5.32 Å². The van der Waals surface area contributed by atoms with Crippen LogP contribution in [0.15, 0.2) is 28.8 Å². The summed E-state index contributed by atoms with van der Waals surface area (Å²) in [5, 5.41) is 6.45. The first kappa shape index (κ1) is 21.3. The van der Waals surface area contributed by atoms with Gasteiger partial charge in [-0.2, -0.15) is 0 Å². The molecule has 2 aliphatic heterocycles. The number of amides is 3. The number of halogens is 1. The van der Waals surface area contributed by atoms with Crippen LogP contribution in [-0.2, 0) is 9.47 Å². The molecule has 1 spiro atoms. The molecule has 1 aromatic carbocycles. The number of aromatic nitrogens is 1. The normalized spacial score (nSPS) is 21.8. The van der Waals surface area contributed by atoms with Crippen LogP contribution in [0.3, 0.4) is 0 Å². The largest absolute Gasteiger partial charge is 0.361 e. The van der Waals surface area contributed by atoms with Crippen molar-refractivity contribution in [3.05, 3.63) is 47.1 Å². The highest BCUT2D eigenvalue weighted by molar-refractivity contribution is 5.96. The SMILES string of the molecule is Cc1noc(C)c1C(=O)N1CCCOC2(CN(C(=O)Nc3ccccc3F)CCO2)C1. The smallest absolute Gasteiger partial charge is 0.322 e. The first-order valence-electron chi connectivity index (χ1n) is 10.2. The Kier molecular flexibility index (Phi) is 5.92. The minimum absolute atomic E-state index is 0.102. The Morgan fingerprint density at radius 3 is 2.58 bits per heavy atom. The second-order valence-electron chi connectivity index (χ2n) is 7.72. The molecule has 1 atom stereocenters. The number of benzene rings is 1. The topological polar surface area (TPSA) is 97.1 Å². The molecule has 2 fully saturated rings. The minimum Gasteiger partial charge on any atom is -0.361 e. The number of para-hydroxylation sites is 1. The number of carbonyl (C=O) groups is 2. The van der Waals surface area contributed by atoms with E-state index in [4.69, 9.17) is 14.0 Å². The van der Waals surface area contributed by atoms with Crippen molar-refractivity contribution in [1.29, 1.82) is 0 Å². The fourth-order valence-corrected chi connectivity index (χ4v) is 3.92. The highest BCUT2D eigenvalue weighted by atomic mass is 19.1. The molecule has 10 heteroatoms. The van der Waals surface area contributed by atoms with Gasteiger partial charge in [0.05, 0.1) is 37.7 Å². The van der Waals surface area contributed by atoms with Crippen LogP contribution in [0.1, 0.15) is 28.2 Å². The van der Waals surface area contributed by atoms with Gasteiger partial charge in [0.2, 0.25) is 5.79 Å². The summed E-state index contributed by atoms with van der Waals surface area (Å²) < 4.78 is 31.0. The zero-order chi connectivity index (χ0) is 22.0. The predicted molar refractivity (Wildman–Crippen MR) is 108 cm³/mol. The van der Waals surface area contributed by atoms with Gasteiger partial charge in [-0.3, -0.25) is 4.79 Å². The molecule has 0 bridgehead atoms. The Morgan fingerprint density at radius 1 is 1.10 bits per heavy atom. The third kappa shape index (κ3) is 4.40. The summed E-state index contributed by atoms with van der Waals surface area (Å²) in [7, 11) is 0. The number of aryl methyl sites for hydroxylation is 2. The maximum Gasteiger partial charge on any atom is 0.322 e. The highest BCUT2D eigenvalue weighted by Gasteiger charge is 2.44. The van der Waals surface area contributed by atoms with Crippen molar-refractivity contribution in [2.45, 2.75) is 26.1 Å². The van der Waals surface area contributed by atoms with Crippen LogP contribution in [0, 0.1) is 19.7 Å². The molecule has 0 aliphatic carbocycles. The number of rotatable bonds is 2. The molecule has 2 saturated heterocycles. The maximum absolute atomic E-state index is 13.9. The lowest BCUT2D eigenvalue weighted by Gasteiger charge is -2.43. The molecule has 166 valence electrons. The molecule has 3 amide bonds. The van der Waals surface area contributed by atoms with E-state index in [2.05, 4.69) is 10.5 Å². The van der Waals surface area contributed by atoms with Crippen molar-refractivity contribution in [2.24, 2.45) is 0 Å². The second-order valence-corrected chi connectivity index (χ2v) is 7.72. The van der Waals surface area contributed by atoms with E-state index < -0.39 is 17.6 Å². The number of urea groups is 1. The van der Waals surface area contributed by atoms with Gasteiger partial charge in [-0.1, -0.05) is 17.3 Å². The van der Waals surface area contributed by atoms with Gasteiger partial charge in [-0.25, -0.2) is 9.18 Å². The molecule has 1 N–H and O–H groups in total. The first-order chi connectivity index (χ1) is 14.9. The standard InChI is InChI=1S/C21H25FN4O5/c1-14-18(15(2)31-24-14)19(27)25-8-5-10-29-21(12-25)13-26(9-11-30-21)20(28)23-17-7-4-3-6-16(17)22/h3-4,6-7H,5,8-13H2,1-2H3,(H,23,28). The van der Waals surface area contributed by atoms with E-state index in [9.17, 15) is 14.0 Å². The number of hydrogen-bond donors (Lipinski definition) is 1. The number of anilines is 1. The minimum atomic E-state index is -1.16. The van der Waals surface area contributed by atoms with Crippen LogP contribution in [0.25, 0.3) is 0 Å². The second kappa shape index (κ2) is 8.64. The van der Waals surface area contributed by atoms with Gasteiger partial charge in [0.15, 0.2) is 0 Å². The van der Waals surface area contributed by atoms with Crippen molar-refractivity contribution in [3.63, 3.8) is 0 Å². The van der Waals surface area contributed by atoms with E-state index in [1.807, 2.05) is 0 Å². The van der Waals surface area contributed by atoms with Crippen molar-refractivity contribution < 1.29 is 28.0 Å². The number of nitrogens with one attached hydrogen (secondary N) is 1. The average Bonchev–Trinajstić information content (AvgIpc) is 2.96. The molecule has 1 unspecified atom stereocenters. The Balaban J connectivity index is 1.50. The molecule has 1 aromatic heterocycles. The Morgan fingerprint density at radius 2 is 1.84 bits per heavy atom. The fourth-order valence-electron chi connectivity index (χ4n) is 3.92. The van der Waals surface area contributed by atoms with Crippen molar-refractivity contribution in [3.8, 4) is 0 Å². The summed E-state index contributed by atoms with van der Waals surface area (Å²) in [5.41, 5.74) is 1.06. The van der Waals surface area contributed by atoms with Crippen LogP contribution in [0.4, 0.5) is 14.9 Å². The summed E-state index contributed by atoms with van der Waals surface area (Å²) in [5.74, 6) is -1.42. The van der Waals surface area contributed by atoms with Crippen LogP contribution in [0.2, 0.25) is 0 Å². The maximum atomic E-state index is 13.9. The van der Waals surface area contributed by atoms with Gasteiger partial charge in [-0.15, -0.1) is 0 Å². The van der Waals surface area contributed by atoms with E-state index in [0.717, 1.165) is 0 Å². The molecule has 3 heterocycles. The quantitative estimate of drug-likeness (QED) is 0.784. The van der Waals surface area contributed by atoms with Crippen LogP contribution in [-0.4, -0.2) is 72.1 Å². The lowest BCUT2D eigenvalue weighted by Crippen LogP contribution is -2.60. The highest BCUT2D eigenvalue weighted by Crippen LogP contribution is 2.27. The fraction of sp³-hybridized carbons (Fsp3) is 0.476. The summed E-state index contributed by atoms with van der Waals surface area (Å²) in [6.07, 6.45) is 0.627. The van der Waals surface area contributed by atoms with Gasteiger partial charge in [0, 0.05) is 13.1 Å². The van der Waals surface area contributed by atoms with Gasteiger partial charge < -0.3 is 29.1 Å². The summed E-state index contributed by atoms with van der Waals surface area (Å²) >= 11 is 0. The van der Waals surface area contributed by atoms with Gasteiger partial charge in [0.1, 0.15) is 17.1 Å². The number of carbonyl (C=O) groups excluding carboxylic acids is 2. The molecular weight excluding hydrogens is 407 g/mol. The Labute approximate surface area is 179 Å². The Hall–Kier alpha value is -2.98. The molecule has 0 radical (unpaired) electrons. The monoisotopic (exact) mass is 432 g/mol. The molecule has 4 rings (SSSR count). The lowest BCUT2D eigenvalue weighted by atomic mass is 10.1. The van der Waals surface area contributed by atoms with E-state index >= 15 is 0 Å². The molecule has 31 heavy (non-hydrogen) atoms. The van der Waals surface area contributed by atoms with E-state index in [-0.39, 0.29) is 31.3 Å². The summed E-state index contributed by atoms with van der Waals surface area (Å²) in [4.78, 5) is 29.1. The van der Waals surface area contributed by atoms with Gasteiger partial charge in [0.25, 0.3) is 5.91 Å². The number of ether oxygens (including phenoxy) is 2. The third-order valence-electron chi connectivity index (χ3n) is 5.46. The molecule has 2 aliphatic rings. The van der Waals surface area contributed by atoms with Crippen molar-refractivity contribution in [1.82, 2.24) is 15.0 Å². The molecule has 9 nitrogen and oxygen atoms in total. The molecule has 2 aromatic rings. The number of nitrogens with zero attached hydrogens (tertiary/aromatic N) is 3. The van der Waals surface area contributed by atoms with E-state index in [1.165, 1.54) is 17.0 Å². The van der Waals surface area contributed by atoms with Crippen LogP contribution in [0.5, 0.6) is 0 Å². The van der Waals surface area contributed by atoms with E-state index in [0.29, 0.717) is 43.1 Å². The van der Waals surface area contributed by atoms with Crippen molar-refractivity contribution in [2.75, 3.05) is 44.7 Å². The molecular formula is C21H25FN4O5. The summed E-state index contributed by atoms with van der Waals surface area (Å²) in [6.45, 7) is 5.10. The number of hydrogen-bond acceptors (Lipinski definition) is 6. The van der Waals surface area contributed by atoms with Gasteiger partial charge in [-0.05, 0) is 32.4 Å². The zero-order valence-electron chi connectivity index (χ0n) is 17.5. The van der Waals surface area contributed by atoms with Gasteiger partial charge >= 0.3 is 6.03 Å². The van der Waals surface area contributed by atoms with E-state index in [1.54, 1.807) is 30.9 Å². The summed E-state index contributed by atoms with van der Waals surface area (Å²) in [6, 6.07) is 5.52. The number of morpholine rings is 1. The van der Waals surface area contributed by atoms with Crippen molar-refractivity contribution >= 4 is 17.6 Å². The van der Waals surface area contributed by atoms with Crippen LogP contribution >= 0.6 is 0 Å². The predicted octanol–water partition coefficient (Wildman–Crippen LogP) is 2.55. The Bertz CT molecular complexity index is 961. The first-order valence-corrected chi connectivity index (χ1v) is 10.2.